The summed E-state index contributed by atoms with van der Waals surface area (Å²) in [6, 6.07) is 6.76. The van der Waals surface area contributed by atoms with Gasteiger partial charge in [0.15, 0.2) is 0 Å². The smallest absolute Gasteiger partial charge is 0.0858 e. The molecule has 1 aromatic rings. The quantitative estimate of drug-likeness (QED) is 0.493. The zero-order chi connectivity index (χ0) is 19.8. The van der Waals surface area contributed by atoms with Crippen LogP contribution in [-0.2, 0) is 0 Å². The first-order chi connectivity index (χ1) is 13.0. The molecule has 0 saturated carbocycles. The van der Waals surface area contributed by atoms with Crippen molar-refractivity contribution in [3.05, 3.63) is 48.2 Å². The molecule has 0 N–H and O–H groups in total. The zero-order valence-electron chi connectivity index (χ0n) is 17.6. The van der Waals surface area contributed by atoms with E-state index in [0.717, 1.165) is 37.6 Å². The Morgan fingerprint density at radius 1 is 1.33 bits per heavy atom. The molecule has 1 saturated heterocycles. The molecule has 1 aliphatic heterocycles. The van der Waals surface area contributed by atoms with E-state index in [1.165, 1.54) is 30.5 Å². The summed E-state index contributed by atoms with van der Waals surface area (Å²) in [7, 11) is 4.17. The van der Waals surface area contributed by atoms with Crippen LogP contribution in [0.25, 0.3) is 0 Å². The summed E-state index contributed by atoms with van der Waals surface area (Å²) in [6.45, 7) is 16.5. The van der Waals surface area contributed by atoms with Gasteiger partial charge in [-0.15, -0.1) is 0 Å². The summed E-state index contributed by atoms with van der Waals surface area (Å²) < 4.78 is 0. The molecule has 27 heavy (non-hydrogen) atoms. The Kier molecular flexibility index (Phi) is 8.11. The Hall–Kier alpha value is -2.07. The van der Waals surface area contributed by atoms with Crippen LogP contribution in [0, 0.1) is 6.92 Å². The third-order valence-electron chi connectivity index (χ3n) is 5.29. The van der Waals surface area contributed by atoms with Crippen LogP contribution in [0.5, 0.6) is 0 Å². The maximum absolute atomic E-state index is 4.33. The molecule has 1 unspecified atom stereocenters. The number of likely N-dealkylation sites (N-methyl/N-ethyl adjacent to an activating group) is 2. The van der Waals surface area contributed by atoms with Crippen LogP contribution in [0.15, 0.2) is 47.6 Å². The Balaban J connectivity index is 2.21. The monoisotopic (exact) mass is 368 g/mol. The number of para-hydroxylation sites is 1. The molecule has 0 bridgehead atoms. The second-order valence-electron chi connectivity index (χ2n) is 7.64. The molecule has 0 radical (unpaired) electrons. The number of anilines is 1. The van der Waals surface area contributed by atoms with Crippen molar-refractivity contribution >= 4 is 18.1 Å². The molecule has 1 aliphatic rings. The summed E-state index contributed by atoms with van der Waals surface area (Å²) >= 11 is 0. The Bertz CT molecular complexity index is 662. The minimum atomic E-state index is 0.457. The molecule has 0 aliphatic carbocycles. The molecule has 1 atom stereocenters. The minimum absolute atomic E-state index is 0.457. The number of benzene rings is 1. The van der Waals surface area contributed by atoms with Crippen molar-refractivity contribution in [3.63, 3.8) is 0 Å². The first-order valence-electron chi connectivity index (χ1n) is 10.1. The highest BCUT2D eigenvalue weighted by molar-refractivity contribution is 5.73. The van der Waals surface area contributed by atoms with Crippen LogP contribution < -0.4 is 4.90 Å². The van der Waals surface area contributed by atoms with Crippen molar-refractivity contribution in [2.45, 2.75) is 39.2 Å². The van der Waals surface area contributed by atoms with E-state index in [4.69, 9.17) is 0 Å². The Morgan fingerprint density at radius 3 is 2.78 bits per heavy atom. The number of likely N-dealkylation sites (tertiary alicyclic amines) is 1. The van der Waals surface area contributed by atoms with Gasteiger partial charge in [-0.2, -0.15) is 0 Å². The number of rotatable bonds is 8. The lowest BCUT2D eigenvalue weighted by atomic mass is 10.1. The van der Waals surface area contributed by atoms with Crippen molar-refractivity contribution in [1.29, 1.82) is 0 Å². The van der Waals surface area contributed by atoms with Gasteiger partial charge in [0.05, 0.1) is 11.4 Å². The zero-order valence-corrected chi connectivity index (χ0v) is 17.6. The Labute approximate surface area is 165 Å². The van der Waals surface area contributed by atoms with Gasteiger partial charge in [0, 0.05) is 37.9 Å². The average molecular weight is 369 g/mol. The van der Waals surface area contributed by atoms with Gasteiger partial charge in [-0.3, -0.25) is 4.99 Å². The fourth-order valence-electron chi connectivity index (χ4n) is 3.88. The summed E-state index contributed by atoms with van der Waals surface area (Å²) in [4.78, 5) is 11.4. The summed E-state index contributed by atoms with van der Waals surface area (Å²) in [6.07, 6.45) is 8.03. The highest BCUT2D eigenvalue weighted by atomic mass is 15.2. The number of nitrogens with zero attached hydrogens (tertiary/aromatic N) is 4. The second-order valence-corrected chi connectivity index (χ2v) is 7.64. The summed E-state index contributed by atoms with van der Waals surface area (Å²) in [5.74, 6) is 0. The molecule has 2 rings (SSSR count). The fraction of sp³-hybridized carbons (Fsp3) is 0.522. The number of aliphatic imine (C=N–C) groups is 1. The molecule has 4 nitrogen and oxygen atoms in total. The lowest BCUT2D eigenvalue weighted by Crippen LogP contribution is -2.43. The SMILES string of the molecule is C=Nc1cccc(C)c1N(CC)C1CCCCN(C(=C)/C=C/CN(C)C)C1. The molecule has 1 aromatic carbocycles. The molecule has 1 fully saturated rings. The number of hydrogen-bond acceptors (Lipinski definition) is 4. The first kappa shape index (κ1) is 21.2. The van der Waals surface area contributed by atoms with E-state index >= 15 is 0 Å². The molecule has 1 heterocycles. The standard InChI is InChI=1S/C23H36N4/c1-7-27(23-19(2)12-10-15-22(23)24-4)21-14-8-9-17-26(18-21)20(3)13-11-16-25(5)6/h10-13,15,21H,3-4,7-9,14,16-18H2,1-2,5-6H3/b13-11+. The van der Waals surface area contributed by atoms with Crippen molar-refractivity contribution in [2.24, 2.45) is 4.99 Å². The predicted octanol–water partition coefficient (Wildman–Crippen LogP) is 4.64. The third-order valence-corrected chi connectivity index (χ3v) is 5.29. The molecular weight excluding hydrogens is 332 g/mol. The molecule has 0 amide bonds. The van der Waals surface area contributed by atoms with Crippen LogP contribution >= 0.6 is 0 Å². The van der Waals surface area contributed by atoms with Gasteiger partial charge < -0.3 is 14.7 Å². The van der Waals surface area contributed by atoms with Gasteiger partial charge in [0.25, 0.3) is 0 Å². The van der Waals surface area contributed by atoms with Gasteiger partial charge in [-0.1, -0.05) is 24.8 Å². The van der Waals surface area contributed by atoms with Gasteiger partial charge in [-0.25, -0.2) is 0 Å². The largest absolute Gasteiger partial charge is 0.370 e. The van der Waals surface area contributed by atoms with E-state index in [0.29, 0.717) is 6.04 Å². The third kappa shape index (κ3) is 5.70. The van der Waals surface area contributed by atoms with Gasteiger partial charge in [-0.05, 0) is 71.6 Å². The second kappa shape index (κ2) is 10.3. The van der Waals surface area contributed by atoms with E-state index in [-0.39, 0.29) is 0 Å². The molecule has 148 valence electrons. The molecular formula is C23H36N4. The number of aryl methyl sites for hydroxylation is 1. The van der Waals surface area contributed by atoms with E-state index in [9.17, 15) is 0 Å². The highest BCUT2D eigenvalue weighted by Gasteiger charge is 2.25. The van der Waals surface area contributed by atoms with Crippen molar-refractivity contribution in [3.8, 4) is 0 Å². The fourth-order valence-corrected chi connectivity index (χ4v) is 3.88. The van der Waals surface area contributed by atoms with Crippen LogP contribution in [-0.4, -0.2) is 62.8 Å². The van der Waals surface area contributed by atoms with Crippen LogP contribution in [0.4, 0.5) is 11.4 Å². The molecule has 4 heteroatoms. The lowest BCUT2D eigenvalue weighted by molar-refractivity contribution is 0.345. The first-order valence-corrected chi connectivity index (χ1v) is 10.1. The molecule has 0 spiro atoms. The van der Waals surface area contributed by atoms with Gasteiger partial charge >= 0.3 is 0 Å². The van der Waals surface area contributed by atoms with Crippen LogP contribution in [0.1, 0.15) is 31.7 Å². The molecule has 0 aromatic heterocycles. The number of allylic oxidation sites excluding steroid dienone is 1. The maximum Gasteiger partial charge on any atom is 0.0858 e. The Morgan fingerprint density at radius 2 is 2.11 bits per heavy atom. The minimum Gasteiger partial charge on any atom is -0.370 e. The van der Waals surface area contributed by atoms with E-state index in [1.54, 1.807) is 0 Å². The summed E-state index contributed by atoms with van der Waals surface area (Å²) in [5, 5.41) is 0. The topological polar surface area (TPSA) is 22.1 Å². The van der Waals surface area contributed by atoms with Crippen LogP contribution in [0.2, 0.25) is 0 Å². The van der Waals surface area contributed by atoms with Gasteiger partial charge in [0.1, 0.15) is 0 Å². The van der Waals surface area contributed by atoms with Crippen LogP contribution in [0.3, 0.4) is 0 Å². The predicted molar refractivity (Wildman–Crippen MR) is 119 cm³/mol. The van der Waals surface area contributed by atoms with E-state index in [2.05, 4.69) is 91.3 Å². The highest BCUT2D eigenvalue weighted by Crippen LogP contribution is 2.35. The average Bonchev–Trinajstić information content (AvgIpc) is 2.89. The van der Waals surface area contributed by atoms with E-state index < -0.39 is 0 Å². The van der Waals surface area contributed by atoms with E-state index in [1.807, 2.05) is 0 Å². The normalized spacial score (nSPS) is 18.0. The summed E-state index contributed by atoms with van der Waals surface area (Å²) in [5.41, 5.74) is 4.60. The van der Waals surface area contributed by atoms with Gasteiger partial charge in [0.2, 0.25) is 0 Å². The lowest BCUT2D eigenvalue weighted by Gasteiger charge is -2.37. The maximum atomic E-state index is 4.33. The van der Waals surface area contributed by atoms with Crippen molar-refractivity contribution < 1.29 is 0 Å². The van der Waals surface area contributed by atoms with Crippen molar-refractivity contribution in [2.75, 3.05) is 45.2 Å². The van der Waals surface area contributed by atoms with Crippen molar-refractivity contribution in [1.82, 2.24) is 9.80 Å². The number of hydrogen-bond donors (Lipinski definition) is 0.